The van der Waals surface area contributed by atoms with Crippen LogP contribution in [0.4, 0.5) is 11.4 Å². The Morgan fingerprint density at radius 1 is 0.880 bits per heavy atom. The molecule has 1 rings (SSSR count). The molecule has 0 fully saturated rings. The number of nitrogens with two attached hydrogens (primary N) is 1. The van der Waals surface area contributed by atoms with E-state index in [9.17, 15) is 0 Å². The van der Waals surface area contributed by atoms with Crippen molar-refractivity contribution in [2.24, 2.45) is 11.8 Å². The second-order valence-electron chi connectivity index (χ2n) is 7.78. The van der Waals surface area contributed by atoms with Crippen molar-refractivity contribution in [1.82, 2.24) is 0 Å². The average Bonchev–Trinajstić information content (AvgIpc) is 2.62. The van der Waals surface area contributed by atoms with Crippen molar-refractivity contribution in [3.63, 3.8) is 0 Å². The van der Waals surface area contributed by atoms with Crippen LogP contribution in [0.2, 0.25) is 0 Å². The lowest BCUT2D eigenvalue weighted by molar-refractivity contribution is 0.403. The Morgan fingerprint density at radius 2 is 1.40 bits per heavy atom. The van der Waals surface area contributed by atoms with Crippen molar-refractivity contribution < 1.29 is 0 Å². The highest BCUT2D eigenvalue weighted by Crippen LogP contribution is 2.26. The van der Waals surface area contributed by atoms with E-state index < -0.39 is 0 Å². The van der Waals surface area contributed by atoms with Crippen LogP contribution < -0.4 is 10.6 Å². The third-order valence-electron chi connectivity index (χ3n) is 5.66. The molecule has 0 saturated carbocycles. The van der Waals surface area contributed by atoms with Gasteiger partial charge in [-0.3, -0.25) is 0 Å². The maximum absolute atomic E-state index is 6.06. The highest BCUT2D eigenvalue weighted by atomic mass is 15.1. The number of benzene rings is 1. The molecule has 0 bridgehead atoms. The first-order valence-corrected chi connectivity index (χ1v) is 10.7. The molecule has 2 atom stereocenters. The second kappa shape index (κ2) is 12.2. The Bertz CT molecular complexity index is 451. The Morgan fingerprint density at radius 3 is 1.80 bits per heavy atom. The van der Waals surface area contributed by atoms with Gasteiger partial charge in [-0.15, -0.1) is 0 Å². The quantitative estimate of drug-likeness (QED) is 0.397. The van der Waals surface area contributed by atoms with E-state index in [-0.39, 0.29) is 0 Å². The predicted molar refractivity (Wildman–Crippen MR) is 114 cm³/mol. The fraction of sp³-hybridized carbons (Fsp3) is 0.739. The number of nitrogen functional groups attached to an aromatic ring is 1. The molecule has 2 N–H and O–H groups in total. The summed E-state index contributed by atoms with van der Waals surface area (Å²) in [6.07, 6.45) is 10.5. The molecule has 144 valence electrons. The topological polar surface area (TPSA) is 29.3 Å². The summed E-state index contributed by atoms with van der Waals surface area (Å²) in [6.45, 7) is 13.8. The number of hydrogen-bond acceptors (Lipinski definition) is 2. The summed E-state index contributed by atoms with van der Waals surface area (Å²) in [5, 5.41) is 0. The second-order valence-corrected chi connectivity index (χ2v) is 7.78. The van der Waals surface area contributed by atoms with Gasteiger partial charge in [-0.05, 0) is 55.4 Å². The average molecular weight is 347 g/mol. The zero-order chi connectivity index (χ0) is 18.7. The molecule has 0 heterocycles. The van der Waals surface area contributed by atoms with Crippen molar-refractivity contribution in [1.29, 1.82) is 0 Å². The molecule has 0 aromatic heterocycles. The zero-order valence-electron chi connectivity index (χ0n) is 17.5. The van der Waals surface area contributed by atoms with Gasteiger partial charge in [0.2, 0.25) is 0 Å². The van der Waals surface area contributed by atoms with Crippen molar-refractivity contribution in [2.45, 2.75) is 86.0 Å². The van der Waals surface area contributed by atoms with E-state index >= 15 is 0 Å². The third-order valence-corrected chi connectivity index (χ3v) is 5.66. The van der Waals surface area contributed by atoms with Gasteiger partial charge in [0, 0.05) is 24.5 Å². The summed E-state index contributed by atoms with van der Waals surface area (Å²) in [4.78, 5) is 2.65. The van der Waals surface area contributed by atoms with Gasteiger partial charge in [-0.1, -0.05) is 66.2 Å². The fourth-order valence-electron chi connectivity index (χ4n) is 3.60. The summed E-state index contributed by atoms with van der Waals surface area (Å²) >= 11 is 0. The number of anilines is 2. The summed E-state index contributed by atoms with van der Waals surface area (Å²) < 4.78 is 0. The van der Waals surface area contributed by atoms with Crippen LogP contribution in [0.3, 0.4) is 0 Å². The Balaban J connectivity index is 2.92. The van der Waals surface area contributed by atoms with Crippen molar-refractivity contribution >= 4 is 11.4 Å². The Kier molecular flexibility index (Phi) is 10.7. The number of nitrogens with zero attached hydrogens (tertiary/aromatic N) is 1. The van der Waals surface area contributed by atoms with E-state index in [1.807, 2.05) is 0 Å². The Labute approximate surface area is 157 Å². The third kappa shape index (κ3) is 7.71. The molecular formula is C23H42N2. The van der Waals surface area contributed by atoms with Crippen molar-refractivity contribution in [2.75, 3.05) is 23.7 Å². The largest absolute Gasteiger partial charge is 0.399 e. The lowest BCUT2D eigenvalue weighted by Crippen LogP contribution is -2.34. The fourth-order valence-corrected chi connectivity index (χ4v) is 3.60. The van der Waals surface area contributed by atoms with Crippen LogP contribution in [0.1, 0.15) is 84.6 Å². The van der Waals surface area contributed by atoms with Gasteiger partial charge in [0.1, 0.15) is 0 Å². The van der Waals surface area contributed by atoms with Gasteiger partial charge in [0.15, 0.2) is 0 Å². The van der Waals surface area contributed by atoms with Gasteiger partial charge >= 0.3 is 0 Å². The van der Waals surface area contributed by atoms with Crippen LogP contribution in [0.15, 0.2) is 18.2 Å². The maximum atomic E-state index is 6.06. The number of hydrogen-bond donors (Lipinski definition) is 1. The van der Waals surface area contributed by atoms with E-state index in [2.05, 4.69) is 57.7 Å². The summed E-state index contributed by atoms with van der Waals surface area (Å²) in [5.41, 5.74) is 9.52. The molecular weight excluding hydrogens is 304 g/mol. The van der Waals surface area contributed by atoms with E-state index in [0.29, 0.717) is 0 Å². The van der Waals surface area contributed by atoms with Gasteiger partial charge in [-0.2, -0.15) is 0 Å². The van der Waals surface area contributed by atoms with Gasteiger partial charge in [0.25, 0.3) is 0 Å². The van der Waals surface area contributed by atoms with Gasteiger partial charge < -0.3 is 10.6 Å². The molecule has 0 amide bonds. The lowest BCUT2D eigenvalue weighted by atomic mass is 9.95. The molecule has 0 aliphatic rings. The summed E-state index contributed by atoms with van der Waals surface area (Å²) in [5.74, 6) is 1.59. The van der Waals surface area contributed by atoms with Gasteiger partial charge in [0.05, 0.1) is 0 Å². The van der Waals surface area contributed by atoms with Crippen LogP contribution in [0.5, 0.6) is 0 Å². The number of aryl methyl sites for hydroxylation is 1. The van der Waals surface area contributed by atoms with Crippen LogP contribution in [0, 0.1) is 18.8 Å². The minimum atomic E-state index is 0.793. The van der Waals surface area contributed by atoms with Crippen LogP contribution in [-0.4, -0.2) is 13.1 Å². The molecule has 0 aliphatic heterocycles. The Hall–Kier alpha value is -1.18. The van der Waals surface area contributed by atoms with E-state index in [1.54, 1.807) is 0 Å². The minimum Gasteiger partial charge on any atom is -0.399 e. The van der Waals surface area contributed by atoms with Crippen LogP contribution in [-0.2, 0) is 0 Å². The van der Waals surface area contributed by atoms with Crippen molar-refractivity contribution in [3.05, 3.63) is 23.8 Å². The maximum Gasteiger partial charge on any atom is 0.0370 e. The first-order valence-electron chi connectivity index (χ1n) is 10.7. The molecule has 25 heavy (non-hydrogen) atoms. The van der Waals surface area contributed by atoms with E-state index in [0.717, 1.165) is 17.5 Å². The molecule has 0 aliphatic carbocycles. The van der Waals surface area contributed by atoms with Gasteiger partial charge in [-0.25, -0.2) is 0 Å². The van der Waals surface area contributed by atoms with E-state index in [1.165, 1.54) is 75.7 Å². The predicted octanol–water partition coefficient (Wildman–Crippen LogP) is 6.82. The summed E-state index contributed by atoms with van der Waals surface area (Å²) in [7, 11) is 0. The van der Waals surface area contributed by atoms with Crippen LogP contribution >= 0.6 is 0 Å². The molecule has 2 heteroatoms. The SMILES string of the molecule is CCCCC(CC)CN(CC(CC)CCCC)c1ccc(N)c(C)c1. The first kappa shape index (κ1) is 21.9. The zero-order valence-corrected chi connectivity index (χ0v) is 17.5. The molecule has 0 saturated heterocycles. The molecule has 0 radical (unpaired) electrons. The van der Waals surface area contributed by atoms with Crippen LogP contribution in [0.25, 0.3) is 0 Å². The van der Waals surface area contributed by atoms with Crippen molar-refractivity contribution in [3.8, 4) is 0 Å². The summed E-state index contributed by atoms with van der Waals surface area (Å²) in [6, 6.07) is 6.59. The number of unbranched alkanes of at least 4 members (excludes halogenated alkanes) is 2. The highest BCUT2D eigenvalue weighted by molar-refractivity contribution is 5.58. The lowest BCUT2D eigenvalue weighted by Gasteiger charge is -2.33. The first-order chi connectivity index (χ1) is 12.0. The van der Waals surface area contributed by atoms with E-state index in [4.69, 9.17) is 5.73 Å². The minimum absolute atomic E-state index is 0.793. The molecule has 2 nitrogen and oxygen atoms in total. The normalized spacial score (nSPS) is 13.6. The monoisotopic (exact) mass is 346 g/mol. The molecule has 1 aromatic rings. The highest BCUT2D eigenvalue weighted by Gasteiger charge is 2.18. The molecule has 2 unspecified atom stereocenters. The molecule has 0 spiro atoms. The smallest absolute Gasteiger partial charge is 0.0370 e. The standard InChI is InChI=1S/C23H42N2/c1-6-10-12-20(8-3)17-25(18-21(9-4)13-11-7-2)22-14-15-23(24)19(5)16-22/h14-16,20-21H,6-13,17-18,24H2,1-5H3. The number of rotatable bonds is 13. The molecule has 1 aromatic carbocycles.